The molecular weight excluding hydrogens is 336 g/mol. The molecule has 0 unspecified atom stereocenters. The highest BCUT2D eigenvalue weighted by Gasteiger charge is 2.37. The summed E-state index contributed by atoms with van der Waals surface area (Å²) in [5.41, 5.74) is 0. The first kappa shape index (κ1) is 16.6. The normalized spacial score (nSPS) is 19.5. The minimum absolute atomic E-state index is 0.0759. The molecule has 1 atom stereocenters. The van der Waals surface area contributed by atoms with E-state index in [1.54, 1.807) is 22.6 Å². The molecule has 0 radical (unpaired) electrons. The Balaban J connectivity index is 1.90. The van der Waals surface area contributed by atoms with Gasteiger partial charge in [-0.3, -0.25) is 0 Å². The van der Waals surface area contributed by atoms with E-state index in [9.17, 15) is 8.42 Å². The molecule has 0 aromatic carbocycles. The average Bonchev–Trinajstić information content (AvgIpc) is 3.24. The Morgan fingerprint density at radius 1 is 1.52 bits per heavy atom. The summed E-state index contributed by atoms with van der Waals surface area (Å²) >= 11 is 1.41. The number of thiophene rings is 1. The molecule has 0 spiro atoms. The number of hydrogen-bond donors (Lipinski definition) is 0. The lowest BCUT2D eigenvalue weighted by Gasteiger charge is -2.23. The summed E-state index contributed by atoms with van der Waals surface area (Å²) in [7, 11) is -3.52. The predicted octanol–water partition coefficient (Wildman–Crippen LogP) is 2.90. The van der Waals surface area contributed by atoms with Gasteiger partial charge in [0.15, 0.2) is 5.76 Å². The Morgan fingerprint density at radius 2 is 2.35 bits per heavy atom. The van der Waals surface area contributed by atoms with Gasteiger partial charge in [-0.2, -0.15) is 4.31 Å². The van der Waals surface area contributed by atoms with E-state index in [4.69, 9.17) is 9.26 Å². The van der Waals surface area contributed by atoms with Crippen molar-refractivity contribution in [3.05, 3.63) is 23.2 Å². The van der Waals surface area contributed by atoms with Gasteiger partial charge >= 0.3 is 0 Å². The van der Waals surface area contributed by atoms with Gasteiger partial charge in [0.1, 0.15) is 0 Å². The Hall–Kier alpha value is -1.22. The van der Waals surface area contributed by atoms with E-state index >= 15 is 0 Å². The second-order valence-corrected chi connectivity index (χ2v) is 8.59. The van der Waals surface area contributed by atoms with Crippen molar-refractivity contribution in [2.24, 2.45) is 0 Å². The third-order valence-electron chi connectivity index (χ3n) is 3.98. The van der Waals surface area contributed by atoms with Crippen LogP contribution in [0.1, 0.15) is 24.6 Å². The number of sulfonamides is 1. The van der Waals surface area contributed by atoms with Gasteiger partial charge < -0.3 is 9.26 Å². The smallest absolute Gasteiger partial charge is 0.244 e. The van der Waals surface area contributed by atoms with Crippen LogP contribution in [-0.2, 0) is 14.8 Å². The molecule has 8 heteroatoms. The molecule has 126 valence electrons. The van der Waals surface area contributed by atoms with Crippen LogP contribution in [0.3, 0.4) is 0 Å². The van der Waals surface area contributed by atoms with Gasteiger partial charge in [0.25, 0.3) is 0 Å². The van der Waals surface area contributed by atoms with Crippen LogP contribution in [0.4, 0.5) is 0 Å². The molecule has 2 aromatic heterocycles. The van der Waals surface area contributed by atoms with Crippen molar-refractivity contribution in [2.75, 3.05) is 19.8 Å². The molecular formula is C15H20N2O4S2. The molecule has 0 saturated carbocycles. The Kier molecular flexibility index (Phi) is 4.86. The third kappa shape index (κ3) is 3.21. The lowest BCUT2D eigenvalue weighted by atomic mass is 10.2. The van der Waals surface area contributed by atoms with E-state index in [1.807, 2.05) is 13.8 Å². The van der Waals surface area contributed by atoms with Crippen molar-refractivity contribution in [2.45, 2.75) is 37.6 Å². The summed E-state index contributed by atoms with van der Waals surface area (Å²) in [6.07, 6.45) is 3.27. The largest absolute Gasteiger partial charge is 0.380 e. The molecule has 6 nitrogen and oxygen atoms in total. The minimum atomic E-state index is -3.52. The maximum atomic E-state index is 13.0. The van der Waals surface area contributed by atoms with Crippen molar-refractivity contribution < 1.29 is 17.7 Å². The molecule has 23 heavy (non-hydrogen) atoms. The van der Waals surface area contributed by atoms with Gasteiger partial charge in [-0.05, 0) is 32.8 Å². The standard InChI is InChI=1S/C15H20N2O4S2/c1-3-20-10-12-5-4-8-17(12)23(18,19)15-9-14(22-11(15)2)13-6-7-16-21-13/h6-7,9,12H,3-5,8,10H2,1-2H3/t12-/m1/s1. The summed E-state index contributed by atoms with van der Waals surface area (Å²) in [4.78, 5) is 1.90. The summed E-state index contributed by atoms with van der Waals surface area (Å²) < 4.78 is 38.2. The van der Waals surface area contributed by atoms with Crippen LogP contribution in [0.25, 0.3) is 10.6 Å². The van der Waals surface area contributed by atoms with E-state index in [-0.39, 0.29) is 6.04 Å². The molecule has 0 bridgehead atoms. The fourth-order valence-corrected chi connectivity index (χ4v) is 6.06. The monoisotopic (exact) mass is 356 g/mol. The van der Waals surface area contributed by atoms with Gasteiger partial charge in [-0.15, -0.1) is 11.3 Å². The topological polar surface area (TPSA) is 72.6 Å². The van der Waals surface area contributed by atoms with Crippen molar-refractivity contribution in [3.63, 3.8) is 0 Å². The van der Waals surface area contributed by atoms with Crippen LogP contribution in [0.5, 0.6) is 0 Å². The molecule has 0 N–H and O–H groups in total. The Morgan fingerprint density at radius 3 is 3.04 bits per heavy atom. The van der Waals surface area contributed by atoms with Crippen molar-refractivity contribution in [3.8, 4) is 10.6 Å². The summed E-state index contributed by atoms with van der Waals surface area (Å²) in [6.45, 7) is 5.34. The third-order valence-corrected chi connectivity index (χ3v) is 7.25. The maximum Gasteiger partial charge on any atom is 0.244 e. The average molecular weight is 356 g/mol. The fourth-order valence-electron chi connectivity index (χ4n) is 2.86. The number of aryl methyl sites for hydroxylation is 1. The van der Waals surface area contributed by atoms with Gasteiger partial charge in [-0.1, -0.05) is 5.16 Å². The van der Waals surface area contributed by atoms with E-state index < -0.39 is 10.0 Å². The minimum Gasteiger partial charge on any atom is -0.380 e. The van der Waals surface area contributed by atoms with Crippen molar-refractivity contribution >= 4 is 21.4 Å². The first-order chi connectivity index (χ1) is 11.0. The predicted molar refractivity (Wildman–Crippen MR) is 88.0 cm³/mol. The summed E-state index contributed by atoms with van der Waals surface area (Å²) in [5.74, 6) is 0.590. The number of aromatic nitrogens is 1. The molecule has 1 aliphatic rings. The van der Waals surface area contributed by atoms with Crippen LogP contribution in [0.2, 0.25) is 0 Å². The number of hydrogen-bond acceptors (Lipinski definition) is 6. The summed E-state index contributed by atoms with van der Waals surface area (Å²) in [5, 5.41) is 3.68. The molecule has 1 aliphatic heterocycles. The van der Waals surface area contributed by atoms with Gasteiger partial charge in [0, 0.05) is 30.1 Å². The Bertz CT molecular complexity index is 753. The molecule has 1 fully saturated rings. The lowest BCUT2D eigenvalue weighted by Crippen LogP contribution is -2.38. The number of rotatable bonds is 6. The van der Waals surface area contributed by atoms with Gasteiger partial charge in [0.05, 0.1) is 22.6 Å². The molecule has 0 amide bonds. The van der Waals surface area contributed by atoms with Crippen LogP contribution in [-0.4, -0.2) is 43.7 Å². The fraction of sp³-hybridized carbons (Fsp3) is 0.533. The zero-order valence-corrected chi connectivity index (χ0v) is 14.8. The highest BCUT2D eigenvalue weighted by molar-refractivity contribution is 7.89. The zero-order valence-electron chi connectivity index (χ0n) is 13.2. The van der Waals surface area contributed by atoms with E-state index in [2.05, 4.69) is 5.16 Å². The first-order valence-corrected chi connectivity index (χ1v) is 9.90. The van der Waals surface area contributed by atoms with Crippen molar-refractivity contribution in [1.29, 1.82) is 0 Å². The van der Waals surface area contributed by atoms with E-state index in [0.29, 0.717) is 30.4 Å². The molecule has 1 saturated heterocycles. The number of ether oxygens (including phenoxy) is 1. The van der Waals surface area contributed by atoms with Crippen LogP contribution in [0.15, 0.2) is 27.7 Å². The molecule has 3 rings (SSSR count). The first-order valence-electron chi connectivity index (χ1n) is 7.65. The molecule has 0 aliphatic carbocycles. The van der Waals surface area contributed by atoms with Crippen LogP contribution in [0, 0.1) is 6.92 Å². The van der Waals surface area contributed by atoms with Crippen LogP contribution < -0.4 is 0 Å². The highest BCUT2D eigenvalue weighted by Crippen LogP contribution is 2.36. The zero-order chi connectivity index (χ0) is 16.4. The number of nitrogens with zero attached hydrogens (tertiary/aromatic N) is 2. The molecule has 2 aromatic rings. The molecule has 3 heterocycles. The van der Waals surface area contributed by atoms with E-state index in [1.165, 1.54) is 11.3 Å². The second-order valence-electron chi connectivity index (χ2n) is 5.48. The highest BCUT2D eigenvalue weighted by atomic mass is 32.2. The quantitative estimate of drug-likeness (QED) is 0.796. The van der Waals surface area contributed by atoms with Gasteiger partial charge in [0.2, 0.25) is 10.0 Å². The second kappa shape index (κ2) is 6.72. The SMILES string of the molecule is CCOC[C@H]1CCCN1S(=O)(=O)c1cc(-c2ccno2)sc1C. The van der Waals surface area contributed by atoms with Crippen LogP contribution >= 0.6 is 11.3 Å². The van der Waals surface area contributed by atoms with Gasteiger partial charge in [-0.25, -0.2) is 8.42 Å². The lowest BCUT2D eigenvalue weighted by molar-refractivity contribution is 0.109. The van der Waals surface area contributed by atoms with Crippen molar-refractivity contribution in [1.82, 2.24) is 9.46 Å². The Labute approximate surface area is 140 Å². The maximum absolute atomic E-state index is 13.0. The van der Waals surface area contributed by atoms with E-state index in [0.717, 1.165) is 22.6 Å². The summed E-state index contributed by atoms with van der Waals surface area (Å²) in [6, 6.07) is 3.34.